The minimum absolute atomic E-state index is 0. The molecule has 2 atom stereocenters. The van der Waals surface area contributed by atoms with Gasteiger partial charge in [0.05, 0.1) is 35.5 Å². The van der Waals surface area contributed by atoms with Crippen molar-refractivity contribution in [3.63, 3.8) is 0 Å². The predicted octanol–water partition coefficient (Wildman–Crippen LogP) is 0.866. The van der Waals surface area contributed by atoms with Gasteiger partial charge in [-0.25, -0.2) is 9.59 Å². The third-order valence-electron chi connectivity index (χ3n) is 5.51. The van der Waals surface area contributed by atoms with Crippen LogP contribution in [0.2, 0.25) is 0 Å². The first kappa shape index (κ1) is 21.6. The fourth-order valence-corrected chi connectivity index (χ4v) is 4.17. The molecule has 4 rings (SSSR count). The van der Waals surface area contributed by atoms with E-state index in [9.17, 15) is 19.5 Å². The van der Waals surface area contributed by atoms with Gasteiger partial charge in [-0.2, -0.15) is 0 Å². The van der Waals surface area contributed by atoms with E-state index in [1.807, 2.05) is 30.3 Å². The van der Waals surface area contributed by atoms with Crippen molar-refractivity contribution in [1.82, 2.24) is 13.7 Å². The Morgan fingerprint density at radius 3 is 2.38 bits per heavy atom. The molecule has 3 aromatic rings. The second-order valence-corrected chi connectivity index (χ2v) is 7.03. The topological polar surface area (TPSA) is 95.5 Å². The standard InChI is InChI=1S/C20H21N3O5.Na/c1-21-17-14(18(25)22(2)20(21)27)15(11-7-5-4-6-8-11)23-12(19(26)28-3)9-10-13(24)16(17)23;/h4-8,12-13,24H,9-10H2,1-3H3;/t12-,13?;/m0./s1. The molecule has 0 bridgehead atoms. The molecule has 0 spiro atoms. The number of benzene rings is 1. The van der Waals surface area contributed by atoms with E-state index >= 15 is 0 Å². The van der Waals surface area contributed by atoms with Crippen molar-refractivity contribution in [2.24, 2.45) is 14.1 Å². The third kappa shape index (κ3) is 3.11. The van der Waals surface area contributed by atoms with Crippen molar-refractivity contribution >= 4 is 46.4 Å². The van der Waals surface area contributed by atoms with Gasteiger partial charge in [0, 0.05) is 43.7 Å². The van der Waals surface area contributed by atoms with Gasteiger partial charge in [-0.05, 0) is 18.4 Å². The van der Waals surface area contributed by atoms with Crippen LogP contribution in [0.25, 0.3) is 22.2 Å². The van der Waals surface area contributed by atoms with Crippen LogP contribution in [0.3, 0.4) is 0 Å². The number of ether oxygens (including phenoxy) is 1. The zero-order valence-electron chi connectivity index (χ0n) is 16.9. The zero-order chi connectivity index (χ0) is 20.2. The molecule has 1 radical (unpaired) electrons. The summed E-state index contributed by atoms with van der Waals surface area (Å²) < 4.78 is 9.07. The zero-order valence-corrected chi connectivity index (χ0v) is 18.9. The Morgan fingerprint density at radius 2 is 1.76 bits per heavy atom. The maximum atomic E-state index is 13.1. The molecule has 29 heavy (non-hydrogen) atoms. The molecule has 3 heterocycles. The van der Waals surface area contributed by atoms with Crippen molar-refractivity contribution in [2.45, 2.75) is 25.0 Å². The van der Waals surface area contributed by atoms with E-state index in [0.29, 0.717) is 35.1 Å². The van der Waals surface area contributed by atoms with Crippen LogP contribution < -0.4 is 11.2 Å². The molecule has 147 valence electrons. The largest absolute Gasteiger partial charge is 0.467 e. The van der Waals surface area contributed by atoms with Gasteiger partial charge in [-0.3, -0.25) is 13.9 Å². The van der Waals surface area contributed by atoms with Crippen LogP contribution in [0.5, 0.6) is 0 Å². The van der Waals surface area contributed by atoms with Crippen molar-refractivity contribution in [3.05, 3.63) is 56.9 Å². The van der Waals surface area contributed by atoms with Gasteiger partial charge in [0.25, 0.3) is 5.56 Å². The summed E-state index contributed by atoms with van der Waals surface area (Å²) in [5.41, 5.74) is 1.03. The van der Waals surface area contributed by atoms with E-state index in [1.54, 1.807) is 11.6 Å². The molecule has 0 fully saturated rings. The minimum atomic E-state index is -0.904. The Kier molecular flexibility index (Phi) is 5.91. The Labute approximate surface area is 188 Å². The monoisotopic (exact) mass is 406 g/mol. The summed E-state index contributed by atoms with van der Waals surface area (Å²) in [5, 5.41) is 11.1. The molecule has 1 aliphatic rings. The van der Waals surface area contributed by atoms with E-state index in [1.165, 1.54) is 18.7 Å². The van der Waals surface area contributed by atoms with E-state index in [4.69, 9.17) is 4.74 Å². The molecule has 1 aromatic carbocycles. The van der Waals surface area contributed by atoms with Gasteiger partial charge in [0.15, 0.2) is 0 Å². The van der Waals surface area contributed by atoms with Crippen molar-refractivity contribution in [1.29, 1.82) is 0 Å². The minimum Gasteiger partial charge on any atom is -0.467 e. The summed E-state index contributed by atoms with van der Waals surface area (Å²) in [6.07, 6.45) is -0.203. The number of esters is 1. The average molecular weight is 406 g/mol. The number of methoxy groups -OCH3 is 1. The van der Waals surface area contributed by atoms with E-state index in [-0.39, 0.29) is 29.6 Å². The maximum absolute atomic E-state index is 13.1. The van der Waals surface area contributed by atoms with Crippen molar-refractivity contribution in [2.75, 3.05) is 7.11 Å². The van der Waals surface area contributed by atoms with Gasteiger partial charge in [-0.15, -0.1) is 0 Å². The molecule has 1 aliphatic heterocycles. The number of aryl methyl sites for hydroxylation is 1. The molecule has 0 aliphatic carbocycles. The third-order valence-corrected chi connectivity index (χ3v) is 5.51. The first-order valence-electron chi connectivity index (χ1n) is 9.03. The summed E-state index contributed by atoms with van der Waals surface area (Å²) in [4.78, 5) is 38.2. The average Bonchev–Trinajstić information content (AvgIpc) is 3.08. The molecule has 1 N–H and O–H groups in total. The van der Waals surface area contributed by atoms with Gasteiger partial charge in [0.1, 0.15) is 6.04 Å². The fraction of sp³-hybridized carbons (Fsp3) is 0.350. The molecule has 8 nitrogen and oxygen atoms in total. The van der Waals surface area contributed by atoms with Gasteiger partial charge in [0.2, 0.25) is 0 Å². The van der Waals surface area contributed by atoms with Crippen LogP contribution in [0.15, 0.2) is 39.9 Å². The molecular weight excluding hydrogens is 385 g/mol. The number of carbonyl (C=O) groups is 1. The van der Waals surface area contributed by atoms with E-state index < -0.39 is 29.4 Å². The Balaban J connectivity index is 0.00000240. The van der Waals surface area contributed by atoms with Gasteiger partial charge < -0.3 is 14.4 Å². The molecule has 9 heteroatoms. The second kappa shape index (κ2) is 7.95. The number of aromatic nitrogens is 3. The van der Waals surface area contributed by atoms with E-state index in [0.717, 1.165) is 10.1 Å². The first-order chi connectivity index (χ1) is 13.4. The second-order valence-electron chi connectivity index (χ2n) is 7.03. The molecule has 0 saturated carbocycles. The predicted molar refractivity (Wildman–Crippen MR) is 109 cm³/mol. The SMILES string of the molecule is COC(=O)[C@@H]1CCC(O)c2c3c(c(-c4ccccc4)n21)c(=O)n(C)c(=O)n3C.[Na]. The van der Waals surface area contributed by atoms with Gasteiger partial charge in [-0.1, -0.05) is 30.3 Å². The number of fused-ring (bicyclic) bond motifs is 3. The van der Waals surface area contributed by atoms with Crippen molar-refractivity contribution in [3.8, 4) is 11.3 Å². The van der Waals surface area contributed by atoms with Crippen LogP contribution in [0.1, 0.15) is 30.7 Å². The van der Waals surface area contributed by atoms with Crippen LogP contribution in [-0.2, 0) is 23.6 Å². The van der Waals surface area contributed by atoms with Crippen LogP contribution in [-0.4, -0.2) is 61.4 Å². The van der Waals surface area contributed by atoms with Crippen LogP contribution in [0, 0.1) is 0 Å². The Morgan fingerprint density at radius 1 is 1.10 bits per heavy atom. The number of rotatable bonds is 2. The summed E-state index contributed by atoms with van der Waals surface area (Å²) in [6, 6.07) is 8.50. The Bertz CT molecular complexity index is 1210. The summed E-state index contributed by atoms with van der Waals surface area (Å²) in [5.74, 6) is -0.451. The van der Waals surface area contributed by atoms with Gasteiger partial charge >= 0.3 is 11.7 Å². The summed E-state index contributed by atoms with van der Waals surface area (Å²) in [6.45, 7) is 0. The summed E-state index contributed by atoms with van der Waals surface area (Å²) >= 11 is 0. The molecular formula is C20H21N3NaO5. The number of carbonyl (C=O) groups excluding carboxylic acids is 1. The quantitative estimate of drug-likeness (QED) is 0.503. The van der Waals surface area contributed by atoms with Crippen LogP contribution >= 0.6 is 0 Å². The molecule has 1 unspecified atom stereocenters. The summed E-state index contributed by atoms with van der Waals surface area (Å²) in [7, 11) is 4.30. The smallest absolute Gasteiger partial charge is 0.331 e. The van der Waals surface area contributed by atoms with Crippen LogP contribution in [0.4, 0.5) is 0 Å². The maximum Gasteiger partial charge on any atom is 0.331 e. The number of aliphatic hydroxyl groups is 1. The number of aliphatic hydroxyl groups excluding tert-OH is 1. The first-order valence-corrected chi connectivity index (χ1v) is 9.03. The fourth-order valence-electron chi connectivity index (χ4n) is 4.17. The Hall–Kier alpha value is -2.13. The van der Waals surface area contributed by atoms with Crippen molar-refractivity contribution < 1.29 is 14.6 Å². The molecule has 2 aromatic heterocycles. The molecule has 0 amide bonds. The number of hydrogen-bond acceptors (Lipinski definition) is 5. The normalized spacial score (nSPS) is 18.2. The molecule has 0 saturated heterocycles. The van der Waals surface area contributed by atoms with E-state index in [2.05, 4.69) is 0 Å². The number of nitrogens with zero attached hydrogens (tertiary/aromatic N) is 3. The number of hydrogen-bond donors (Lipinski definition) is 1.